The minimum Gasteiger partial charge on any atom is -0.409 e. The van der Waals surface area contributed by atoms with Gasteiger partial charge in [0.05, 0.1) is 6.04 Å². The average Bonchev–Trinajstić information content (AvgIpc) is 2.45. The van der Waals surface area contributed by atoms with Crippen LogP contribution in [0.3, 0.4) is 0 Å². The molecule has 0 aliphatic carbocycles. The van der Waals surface area contributed by atoms with Crippen molar-refractivity contribution in [3.8, 4) is 0 Å². The second-order valence-corrected chi connectivity index (χ2v) is 4.54. The number of hydrogen-bond donors (Lipinski definition) is 2. The molecular weight excluding hydrogens is 242 g/mol. The van der Waals surface area contributed by atoms with E-state index in [1.165, 1.54) is 10.5 Å². The summed E-state index contributed by atoms with van der Waals surface area (Å²) in [6.07, 6.45) is 2.11. The lowest BCUT2D eigenvalue weighted by Crippen LogP contribution is -2.43. The third kappa shape index (κ3) is 4.62. The van der Waals surface area contributed by atoms with Crippen LogP contribution < -0.4 is 5.73 Å². The summed E-state index contributed by atoms with van der Waals surface area (Å²) in [5.41, 5.74) is 6.71. The maximum atomic E-state index is 11.9. The summed E-state index contributed by atoms with van der Waals surface area (Å²) in [4.78, 5) is 13.4. The van der Waals surface area contributed by atoms with Crippen LogP contribution in [0, 0.1) is 0 Å². The van der Waals surface area contributed by atoms with E-state index in [0.717, 1.165) is 12.8 Å². The van der Waals surface area contributed by atoms with Gasteiger partial charge in [0.15, 0.2) is 5.84 Å². The van der Waals surface area contributed by atoms with E-state index < -0.39 is 6.04 Å². The predicted molar refractivity (Wildman–Crippen MR) is 75.0 cm³/mol. The zero-order chi connectivity index (χ0) is 14.3. The van der Waals surface area contributed by atoms with Gasteiger partial charge in [0.25, 0.3) is 0 Å². The van der Waals surface area contributed by atoms with Crippen LogP contribution in [0.2, 0.25) is 0 Å². The Morgan fingerprint density at radius 3 is 2.63 bits per heavy atom. The highest BCUT2D eigenvalue weighted by Crippen LogP contribution is 2.07. The van der Waals surface area contributed by atoms with Crippen molar-refractivity contribution in [2.75, 3.05) is 7.05 Å². The summed E-state index contributed by atoms with van der Waals surface area (Å²) < 4.78 is 0. The number of aryl methyl sites for hydroxylation is 1. The molecular formula is C14H21N3O2. The van der Waals surface area contributed by atoms with Crippen molar-refractivity contribution in [3.63, 3.8) is 0 Å². The van der Waals surface area contributed by atoms with Gasteiger partial charge in [-0.05, 0) is 25.3 Å². The Balaban J connectivity index is 2.39. The molecule has 0 bridgehead atoms. The van der Waals surface area contributed by atoms with Gasteiger partial charge >= 0.3 is 0 Å². The van der Waals surface area contributed by atoms with Crippen LogP contribution >= 0.6 is 0 Å². The average molecular weight is 263 g/mol. The van der Waals surface area contributed by atoms with Gasteiger partial charge < -0.3 is 15.8 Å². The minimum atomic E-state index is -0.394. The third-order valence-corrected chi connectivity index (χ3v) is 3.22. The van der Waals surface area contributed by atoms with Gasteiger partial charge in [-0.15, -0.1) is 0 Å². The van der Waals surface area contributed by atoms with E-state index in [4.69, 9.17) is 10.9 Å². The fourth-order valence-electron chi connectivity index (χ4n) is 1.76. The van der Waals surface area contributed by atoms with Crippen molar-refractivity contribution in [2.45, 2.75) is 32.2 Å². The topological polar surface area (TPSA) is 78.9 Å². The molecule has 0 aromatic heterocycles. The molecule has 3 N–H and O–H groups in total. The van der Waals surface area contributed by atoms with Crippen LogP contribution in [-0.2, 0) is 11.2 Å². The van der Waals surface area contributed by atoms with E-state index in [9.17, 15) is 4.79 Å². The summed E-state index contributed by atoms with van der Waals surface area (Å²) in [5.74, 6) is 0.0361. The van der Waals surface area contributed by atoms with Crippen LogP contribution in [0.25, 0.3) is 0 Å². The van der Waals surface area contributed by atoms with E-state index in [1.54, 1.807) is 14.0 Å². The molecule has 1 amide bonds. The molecule has 0 saturated carbocycles. The fourth-order valence-corrected chi connectivity index (χ4v) is 1.76. The van der Waals surface area contributed by atoms with Crippen LogP contribution in [-0.4, -0.2) is 34.9 Å². The third-order valence-electron chi connectivity index (χ3n) is 3.22. The van der Waals surface area contributed by atoms with Gasteiger partial charge in [0, 0.05) is 13.5 Å². The Kier molecular flexibility index (Phi) is 5.85. The van der Waals surface area contributed by atoms with Crippen molar-refractivity contribution in [1.29, 1.82) is 0 Å². The summed E-state index contributed by atoms with van der Waals surface area (Å²) in [7, 11) is 1.66. The lowest BCUT2D eigenvalue weighted by molar-refractivity contribution is -0.130. The van der Waals surface area contributed by atoms with Gasteiger partial charge in [0.2, 0.25) is 5.91 Å². The molecule has 0 radical (unpaired) electrons. The summed E-state index contributed by atoms with van der Waals surface area (Å²) in [6, 6.07) is 9.66. The van der Waals surface area contributed by atoms with Crippen molar-refractivity contribution >= 4 is 11.7 Å². The van der Waals surface area contributed by atoms with Crippen LogP contribution in [0.5, 0.6) is 0 Å². The first-order valence-corrected chi connectivity index (χ1v) is 6.33. The second-order valence-electron chi connectivity index (χ2n) is 4.54. The number of likely N-dealkylation sites (N-methyl/N-ethyl adjacent to an activating group) is 1. The first-order valence-electron chi connectivity index (χ1n) is 6.33. The maximum absolute atomic E-state index is 11.9. The Hall–Kier alpha value is -2.04. The molecule has 1 rings (SSSR count). The number of nitrogens with zero attached hydrogens (tertiary/aromatic N) is 2. The Bertz CT molecular complexity index is 432. The molecule has 0 heterocycles. The molecule has 1 aromatic rings. The molecule has 1 unspecified atom stereocenters. The molecule has 0 aliphatic heterocycles. The van der Waals surface area contributed by atoms with E-state index in [-0.39, 0.29) is 11.7 Å². The summed E-state index contributed by atoms with van der Waals surface area (Å²) in [5, 5.41) is 11.5. The number of nitrogens with two attached hydrogens (primary N) is 1. The smallest absolute Gasteiger partial charge is 0.222 e. The zero-order valence-corrected chi connectivity index (χ0v) is 11.4. The van der Waals surface area contributed by atoms with Gasteiger partial charge in [-0.1, -0.05) is 35.5 Å². The first-order chi connectivity index (χ1) is 9.06. The van der Waals surface area contributed by atoms with Gasteiger partial charge in [0.1, 0.15) is 0 Å². The number of amides is 1. The number of carbonyl (C=O) groups is 1. The van der Waals surface area contributed by atoms with Gasteiger partial charge in [-0.2, -0.15) is 0 Å². The lowest BCUT2D eigenvalue weighted by Gasteiger charge is -2.23. The normalized spacial score (nSPS) is 13.1. The van der Waals surface area contributed by atoms with Crippen LogP contribution in [0.15, 0.2) is 35.5 Å². The van der Waals surface area contributed by atoms with E-state index >= 15 is 0 Å². The number of benzene rings is 1. The minimum absolute atomic E-state index is 0.00460. The monoisotopic (exact) mass is 263 g/mol. The Morgan fingerprint density at radius 2 is 2.05 bits per heavy atom. The number of oxime groups is 1. The molecule has 5 nitrogen and oxygen atoms in total. The molecule has 1 atom stereocenters. The SMILES string of the molecule is CC(C(N)=NO)N(C)C(=O)CCCc1ccccc1. The van der Waals surface area contributed by atoms with Crippen molar-refractivity contribution < 1.29 is 10.0 Å². The molecule has 0 fully saturated rings. The molecule has 19 heavy (non-hydrogen) atoms. The van der Waals surface area contributed by atoms with Crippen molar-refractivity contribution in [3.05, 3.63) is 35.9 Å². The number of amidine groups is 1. The lowest BCUT2D eigenvalue weighted by atomic mass is 10.1. The second kappa shape index (κ2) is 7.41. The standard InChI is InChI=1S/C14H21N3O2/c1-11(14(15)16-19)17(2)13(18)10-6-9-12-7-4-3-5-8-12/h3-5,7-8,11,19H,6,9-10H2,1-2H3,(H2,15,16). The van der Waals surface area contributed by atoms with Crippen molar-refractivity contribution in [1.82, 2.24) is 4.90 Å². The number of carbonyl (C=O) groups excluding carboxylic acids is 1. The van der Waals surface area contributed by atoms with E-state index in [2.05, 4.69) is 5.16 Å². The van der Waals surface area contributed by atoms with Gasteiger partial charge in [-0.25, -0.2) is 0 Å². The highest BCUT2D eigenvalue weighted by atomic mass is 16.4. The molecule has 0 aliphatic rings. The highest BCUT2D eigenvalue weighted by molar-refractivity contribution is 5.89. The summed E-state index contributed by atoms with van der Waals surface area (Å²) >= 11 is 0. The molecule has 5 heteroatoms. The highest BCUT2D eigenvalue weighted by Gasteiger charge is 2.18. The van der Waals surface area contributed by atoms with Gasteiger partial charge in [-0.3, -0.25) is 4.79 Å². The van der Waals surface area contributed by atoms with Crippen molar-refractivity contribution in [2.24, 2.45) is 10.9 Å². The number of rotatable bonds is 6. The van der Waals surface area contributed by atoms with Crippen LogP contribution in [0.4, 0.5) is 0 Å². The number of hydrogen-bond acceptors (Lipinski definition) is 3. The molecule has 0 saturated heterocycles. The quantitative estimate of drug-likeness (QED) is 0.354. The fraction of sp³-hybridized carbons (Fsp3) is 0.429. The maximum Gasteiger partial charge on any atom is 0.222 e. The van der Waals surface area contributed by atoms with E-state index in [0.29, 0.717) is 6.42 Å². The predicted octanol–water partition coefficient (Wildman–Crippen LogP) is 1.60. The first kappa shape index (κ1) is 15.0. The largest absolute Gasteiger partial charge is 0.409 e. The Morgan fingerprint density at radius 1 is 1.42 bits per heavy atom. The molecule has 1 aromatic carbocycles. The van der Waals surface area contributed by atoms with E-state index in [1.807, 2.05) is 30.3 Å². The molecule has 104 valence electrons. The Labute approximate surface area is 113 Å². The van der Waals surface area contributed by atoms with Crippen LogP contribution in [0.1, 0.15) is 25.3 Å². The molecule has 0 spiro atoms. The summed E-state index contributed by atoms with van der Waals surface area (Å²) in [6.45, 7) is 1.73. The zero-order valence-electron chi connectivity index (χ0n) is 11.4.